The summed E-state index contributed by atoms with van der Waals surface area (Å²) in [5.74, 6) is -0.0640. The molecule has 4 nitrogen and oxygen atoms in total. The molecule has 1 saturated heterocycles. The van der Waals surface area contributed by atoms with Crippen LogP contribution >= 0.6 is 0 Å². The van der Waals surface area contributed by atoms with Gasteiger partial charge in [0.15, 0.2) is 0 Å². The van der Waals surface area contributed by atoms with Crippen LogP contribution in [0.4, 0.5) is 0 Å². The van der Waals surface area contributed by atoms with Crippen molar-refractivity contribution in [1.29, 1.82) is 0 Å². The van der Waals surface area contributed by atoms with Crippen molar-refractivity contribution < 1.29 is 9.53 Å². The molecule has 1 unspecified atom stereocenters. The van der Waals surface area contributed by atoms with Crippen LogP contribution in [-0.4, -0.2) is 49.2 Å². The number of nitrogens with zero attached hydrogens (tertiary/aromatic N) is 1. The zero-order chi connectivity index (χ0) is 15.7. The molecule has 2 aliphatic rings. The zero-order valence-corrected chi connectivity index (χ0v) is 14.4. The molecule has 0 aromatic rings. The van der Waals surface area contributed by atoms with E-state index >= 15 is 0 Å². The fourth-order valence-corrected chi connectivity index (χ4v) is 4.64. The molecular formula is C17H32N2O2. The number of rotatable bonds is 3. The summed E-state index contributed by atoms with van der Waals surface area (Å²) >= 11 is 0. The molecule has 1 atom stereocenters. The number of hydrogen-bond acceptors (Lipinski definition) is 4. The van der Waals surface area contributed by atoms with Gasteiger partial charge in [0.1, 0.15) is 6.04 Å². The highest BCUT2D eigenvalue weighted by molar-refractivity contribution is 5.76. The van der Waals surface area contributed by atoms with Gasteiger partial charge in [-0.05, 0) is 37.0 Å². The largest absolute Gasteiger partial charge is 0.465 e. The molecule has 21 heavy (non-hydrogen) atoms. The highest BCUT2D eigenvalue weighted by Crippen LogP contribution is 2.47. The molecule has 1 N–H and O–H groups in total. The second kappa shape index (κ2) is 6.25. The van der Waals surface area contributed by atoms with Gasteiger partial charge in [-0.2, -0.15) is 0 Å². The van der Waals surface area contributed by atoms with Crippen LogP contribution in [-0.2, 0) is 9.53 Å². The van der Waals surface area contributed by atoms with Crippen LogP contribution in [0, 0.1) is 10.8 Å². The number of hydrogen-bond donors (Lipinski definition) is 1. The maximum atomic E-state index is 12.3. The number of esters is 1. The van der Waals surface area contributed by atoms with Crippen molar-refractivity contribution in [2.24, 2.45) is 10.8 Å². The van der Waals surface area contributed by atoms with Crippen molar-refractivity contribution in [3.63, 3.8) is 0 Å². The van der Waals surface area contributed by atoms with Crippen molar-refractivity contribution in [2.75, 3.05) is 26.2 Å². The van der Waals surface area contributed by atoms with Crippen molar-refractivity contribution in [2.45, 2.75) is 66.0 Å². The molecule has 1 aliphatic carbocycles. The number of ether oxygens (including phenoxy) is 1. The van der Waals surface area contributed by atoms with E-state index in [0.717, 1.165) is 19.6 Å². The summed E-state index contributed by atoms with van der Waals surface area (Å²) < 4.78 is 5.29. The Kier molecular flexibility index (Phi) is 4.99. The standard InChI is InChI=1S/C17H32N2O2/c1-6-21-15(20)14-11-18-7-8-19(14)13-9-16(2,3)12-17(4,5)10-13/h13-14,18H,6-12H2,1-5H3. The lowest BCUT2D eigenvalue weighted by atomic mass is 9.63. The summed E-state index contributed by atoms with van der Waals surface area (Å²) in [6, 6.07) is 0.369. The van der Waals surface area contributed by atoms with E-state index in [2.05, 4.69) is 37.9 Å². The third-order valence-corrected chi connectivity index (χ3v) is 4.85. The van der Waals surface area contributed by atoms with E-state index < -0.39 is 0 Å². The van der Waals surface area contributed by atoms with Gasteiger partial charge in [0.25, 0.3) is 0 Å². The molecule has 122 valence electrons. The minimum absolute atomic E-state index is 0.0640. The smallest absolute Gasteiger partial charge is 0.324 e. The van der Waals surface area contributed by atoms with Crippen molar-refractivity contribution in [3.05, 3.63) is 0 Å². The SMILES string of the molecule is CCOC(=O)C1CNCCN1C1CC(C)(C)CC(C)(C)C1. The second-order valence-corrected chi connectivity index (χ2v) is 8.28. The molecule has 2 rings (SSSR count). The van der Waals surface area contributed by atoms with E-state index in [0.29, 0.717) is 23.5 Å². The molecule has 4 heteroatoms. The van der Waals surface area contributed by atoms with E-state index in [1.807, 2.05) is 6.92 Å². The number of nitrogens with one attached hydrogen (secondary N) is 1. The van der Waals surface area contributed by atoms with Crippen LogP contribution in [0.1, 0.15) is 53.9 Å². The minimum atomic E-state index is -0.117. The highest BCUT2D eigenvalue weighted by atomic mass is 16.5. The maximum absolute atomic E-state index is 12.3. The van der Waals surface area contributed by atoms with Crippen molar-refractivity contribution >= 4 is 5.97 Å². The monoisotopic (exact) mass is 296 g/mol. The molecule has 2 fully saturated rings. The number of carbonyl (C=O) groups is 1. The van der Waals surface area contributed by atoms with E-state index in [4.69, 9.17) is 4.74 Å². The maximum Gasteiger partial charge on any atom is 0.324 e. The molecular weight excluding hydrogens is 264 g/mol. The first-order chi connectivity index (χ1) is 9.74. The summed E-state index contributed by atoms with van der Waals surface area (Å²) in [5.41, 5.74) is 0.688. The van der Waals surface area contributed by atoms with Crippen LogP contribution in [0.3, 0.4) is 0 Å². The Hall–Kier alpha value is -0.610. The third kappa shape index (κ3) is 4.19. The first kappa shape index (κ1) is 16.8. The average Bonchev–Trinajstić information content (AvgIpc) is 2.35. The Morgan fingerprint density at radius 2 is 1.86 bits per heavy atom. The lowest BCUT2D eigenvalue weighted by Gasteiger charge is -2.51. The molecule has 1 saturated carbocycles. The van der Waals surface area contributed by atoms with Crippen molar-refractivity contribution in [3.8, 4) is 0 Å². The second-order valence-electron chi connectivity index (χ2n) is 8.28. The Balaban J connectivity index is 2.14. The molecule has 0 spiro atoms. The molecule has 0 aromatic heterocycles. The quantitative estimate of drug-likeness (QED) is 0.812. The summed E-state index contributed by atoms with van der Waals surface area (Å²) in [7, 11) is 0. The van der Waals surface area contributed by atoms with Gasteiger partial charge in [-0.25, -0.2) is 0 Å². The average molecular weight is 296 g/mol. The van der Waals surface area contributed by atoms with E-state index in [1.165, 1.54) is 19.3 Å². The zero-order valence-electron chi connectivity index (χ0n) is 14.4. The summed E-state index contributed by atoms with van der Waals surface area (Å²) in [6.07, 6.45) is 3.60. The molecule has 0 amide bonds. The Morgan fingerprint density at radius 1 is 1.24 bits per heavy atom. The van der Waals surface area contributed by atoms with Gasteiger partial charge >= 0.3 is 5.97 Å². The van der Waals surface area contributed by atoms with E-state index in [1.54, 1.807) is 0 Å². The molecule has 1 aliphatic heterocycles. The van der Waals surface area contributed by atoms with E-state index in [-0.39, 0.29) is 12.0 Å². The topological polar surface area (TPSA) is 41.6 Å². The van der Waals surface area contributed by atoms with Crippen molar-refractivity contribution in [1.82, 2.24) is 10.2 Å². The molecule has 0 bridgehead atoms. The van der Waals surface area contributed by atoms with Gasteiger partial charge in [0, 0.05) is 25.7 Å². The lowest BCUT2D eigenvalue weighted by Crippen LogP contribution is -2.60. The molecule has 1 heterocycles. The number of piperazine rings is 1. The summed E-state index contributed by atoms with van der Waals surface area (Å²) in [6.45, 7) is 14.4. The molecule has 0 radical (unpaired) electrons. The summed E-state index contributed by atoms with van der Waals surface area (Å²) in [5, 5.41) is 3.34. The normalized spacial score (nSPS) is 30.0. The van der Waals surface area contributed by atoms with Crippen LogP contribution in [0.5, 0.6) is 0 Å². The van der Waals surface area contributed by atoms with Gasteiger partial charge in [-0.15, -0.1) is 0 Å². The van der Waals surface area contributed by atoms with Crippen LogP contribution in [0.15, 0.2) is 0 Å². The predicted molar refractivity (Wildman–Crippen MR) is 85.2 cm³/mol. The Labute approximate surface area is 129 Å². The first-order valence-electron chi connectivity index (χ1n) is 8.37. The fraction of sp³-hybridized carbons (Fsp3) is 0.941. The van der Waals surface area contributed by atoms with Gasteiger partial charge in [-0.3, -0.25) is 9.69 Å². The Morgan fingerprint density at radius 3 is 2.43 bits per heavy atom. The van der Waals surface area contributed by atoms with Crippen LogP contribution < -0.4 is 5.32 Å². The van der Waals surface area contributed by atoms with Gasteiger partial charge in [0.2, 0.25) is 0 Å². The van der Waals surface area contributed by atoms with Crippen LogP contribution in [0.2, 0.25) is 0 Å². The number of carbonyl (C=O) groups excluding carboxylic acids is 1. The minimum Gasteiger partial charge on any atom is -0.465 e. The van der Waals surface area contributed by atoms with Gasteiger partial charge in [0.05, 0.1) is 6.61 Å². The highest BCUT2D eigenvalue weighted by Gasteiger charge is 2.44. The predicted octanol–water partition coefficient (Wildman–Crippen LogP) is 2.43. The van der Waals surface area contributed by atoms with Gasteiger partial charge in [-0.1, -0.05) is 27.7 Å². The van der Waals surface area contributed by atoms with Gasteiger partial charge < -0.3 is 10.1 Å². The first-order valence-corrected chi connectivity index (χ1v) is 8.37. The fourth-order valence-electron chi connectivity index (χ4n) is 4.64. The lowest BCUT2D eigenvalue weighted by molar-refractivity contribution is -0.153. The van der Waals surface area contributed by atoms with E-state index in [9.17, 15) is 4.79 Å². The molecule has 0 aromatic carbocycles. The Bertz CT molecular complexity index is 363. The summed E-state index contributed by atoms with van der Waals surface area (Å²) in [4.78, 5) is 14.7. The third-order valence-electron chi connectivity index (χ3n) is 4.85. The van der Waals surface area contributed by atoms with Crippen LogP contribution in [0.25, 0.3) is 0 Å².